The summed E-state index contributed by atoms with van der Waals surface area (Å²) in [6, 6.07) is 1.91. The lowest BCUT2D eigenvalue weighted by atomic mass is 10.0. The Morgan fingerprint density at radius 1 is 1.33 bits per heavy atom. The molecule has 0 amide bonds. The SMILES string of the molecule is CC(NS(=O)(=O)c1cnc[nH]1)C(O)c1ccc(F)c(F)c1. The lowest BCUT2D eigenvalue weighted by Gasteiger charge is -2.20. The number of benzene rings is 1. The van der Waals surface area contributed by atoms with Gasteiger partial charge in [0, 0.05) is 6.04 Å². The van der Waals surface area contributed by atoms with E-state index in [-0.39, 0.29) is 10.6 Å². The van der Waals surface area contributed by atoms with Crippen molar-refractivity contribution in [1.29, 1.82) is 0 Å². The number of hydrogen-bond acceptors (Lipinski definition) is 4. The zero-order chi connectivity index (χ0) is 15.6. The number of halogens is 2. The minimum atomic E-state index is -3.88. The topological polar surface area (TPSA) is 95.1 Å². The molecule has 2 rings (SSSR count). The predicted octanol–water partition coefficient (Wildman–Crippen LogP) is 1.09. The summed E-state index contributed by atoms with van der Waals surface area (Å²) >= 11 is 0. The normalized spacial score (nSPS) is 14.9. The predicted molar refractivity (Wildman–Crippen MR) is 69.7 cm³/mol. The fraction of sp³-hybridized carbons (Fsp3) is 0.250. The molecule has 114 valence electrons. The largest absolute Gasteiger partial charge is 0.387 e. The van der Waals surface area contributed by atoms with Gasteiger partial charge in [-0.05, 0) is 24.6 Å². The highest BCUT2D eigenvalue weighted by molar-refractivity contribution is 7.89. The van der Waals surface area contributed by atoms with E-state index in [0.717, 1.165) is 18.3 Å². The molecule has 0 aliphatic rings. The number of nitrogens with zero attached hydrogens (tertiary/aromatic N) is 1. The van der Waals surface area contributed by atoms with Crippen molar-refractivity contribution in [2.75, 3.05) is 0 Å². The second kappa shape index (κ2) is 5.88. The zero-order valence-corrected chi connectivity index (χ0v) is 11.7. The molecule has 1 aromatic heterocycles. The Morgan fingerprint density at radius 3 is 2.62 bits per heavy atom. The summed E-state index contributed by atoms with van der Waals surface area (Å²) < 4.78 is 52.1. The first-order valence-corrected chi connectivity index (χ1v) is 7.43. The van der Waals surface area contributed by atoms with Crippen LogP contribution < -0.4 is 4.72 Å². The highest BCUT2D eigenvalue weighted by Crippen LogP contribution is 2.20. The first kappa shape index (κ1) is 15.5. The van der Waals surface area contributed by atoms with Crippen molar-refractivity contribution >= 4 is 10.0 Å². The molecule has 0 fully saturated rings. The summed E-state index contributed by atoms with van der Waals surface area (Å²) in [5.74, 6) is -2.16. The van der Waals surface area contributed by atoms with Crippen LogP contribution in [0.3, 0.4) is 0 Å². The van der Waals surface area contributed by atoms with Gasteiger partial charge in [0.05, 0.1) is 18.6 Å². The van der Waals surface area contributed by atoms with Crippen molar-refractivity contribution < 1.29 is 22.3 Å². The molecule has 9 heteroatoms. The Kier molecular flexibility index (Phi) is 4.35. The van der Waals surface area contributed by atoms with Crippen LogP contribution in [0.4, 0.5) is 8.78 Å². The van der Waals surface area contributed by atoms with Crippen LogP contribution in [-0.4, -0.2) is 29.5 Å². The Morgan fingerprint density at radius 2 is 2.05 bits per heavy atom. The van der Waals surface area contributed by atoms with Gasteiger partial charge < -0.3 is 10.1 Å². The summed E-state index contributed by atoms with van der Waals surface area (Å²) in [6.07, 6.45) is 0.974. The second-order valence-corrected chi connectivity index (χ2v) is 6.13. The van der Waals surface area contributed by atoms with Crippen molar-refractivity contribution in [3.63, 3.8) is 0 Å². The van der Waals surface area contributed by atoms with E-state index in [4.69, 9.17) is 0 Å². The quantitative estimate of drug-likeness (QED) is 0.769. The summed E-state index contributed by atoms with van der Waals surface area (Å²) in [5, 5.41) is 9.86. The number of rotatable bonds is 5. The van der Waals surface area contributed by atoms with Crippen LogP contribution in [0.5, 0.6) is 0 Å². The number of nitrogens with one attached hydrogen (secondary N) is 2. The molecule has 0 saturated heterocycles. The van der Waals surface area contributed by atoms with Crippen LogP contribution in [0, 0.1) is 11.6 Å². The molecule has 2 unspecified atom stereocenters. The molecular weight excluding hydrogens is 304 g/mol. The minimum absolute atomic E-state index is 0.0636. The number of aromatic amines is 1. The zero-order valence-electron chi connectivity index (χ0n) is 10.9. The van der Waals surface area contributed by atoms with Crippen LogP contribution in [-0.2, 0) is 10.0 Å². The highest BCUT2D eigenvalue weighted by atomic mass is 32.2. The van der Waals surface area contributed by atoms with Gasteiger partial charge in [-0.3, -0.25) is 0 Å². The number of aliphatic hydroxyl groups excluding tert-OH is 1. The molecule has 3 N–H and O–H groups in total. The van der Waals surface area contributed by atoms with Gasteiger partial charge in [0.1, 0.15) is 0 Å². The summed E-state index contributed by atoms with van der Waals surface area (Å²) in [5.41, 5.74) is 0.0636. The first-order chi connectivity index (χ1) is 9.81. The lowest BCUT2D eigenvalue weighted by molar-refractivity contribution is 0.146. The van der Waals surface area contributed by atoms with Gasteiger partial charge in [-0.2, -0.15) is 0 Å². The summed E-state index contributed by atoms with van der Waals surface area (Å²) in [7, 11) is -3.88. The third-order valence-corrected chi connectivity index (χ3v) is 4.35. The number of sulfonamides is 1. The fourth-order valence-corrected chi connectivity index (χ4v) is 2.90. The third-order valence-electron chi connectivity index (χ3n) is 2.86. The molecule has 0 saturated carbocycles. The van der Waals surface area contributed by atoms with Crippen molar-refractivity contribution in [3.8, 4) is 0 Å². The third kappa shape index (κ3) is 3.43. The van der Waals surface area contributed by atoms with Gasteiger partial charge in [0.15, 0.2) is 16.7 Å². The monoisotopic (exact) mass is 317 g/mol. The van der Waals surface area contributed by atoms with Gasteiger partial charge in [-0.15, -0.1) is 0 Å². The van der Waals surface area contributed by atoms with Crippen LogP contribution in [0.2, 0.25) is 0 Å². The van der Waals surface area contributed by atoms with Crippen molar-refractivity contribution in [2.45, 2.75) is 24.1 Å². The molecule has 1 aromatic carbocycles. The van der Waals surface area contributed by atoms with Crippen LogP contribution in [0.25, 0.3) is 0 Å². The van der Waals surface area contributed by atoms with Gasteiger partial charge in [0.2, 0.25) is 0 Å². The van der Waals surface area contributed by atoms with Gasteiger partial charge >= 0.3 is 0 Å². The van der Waals surface area contributed by atoms with E-state index in [9.17, 15) is 22.3 Å². The number of H-pyrrole nitrogens is 1. The molecule has 6 nitrogen and oxygen atoms in total. The van der Waals surface area contributed by atoms with Crippen LogP contribution in [0.1, 0.15) is 18.6 Å². The summed E-state index contributed by atoms with van der Waals surface area (Å²) in [4.78, 5) is 6.02. The van der Waals surface area contributed by atoms with Crippen LogP contribution >= 0.6 is 0 Å². The first-order valence-electron chi connectivity index (χ1n) is 5.95. The Balaban J connectivity index is 2.16. The molecule has 0 spiro atoms. The number of aliphatic hydroxyl groups is 1. The lowest BCUT2D eigenvalue weighted by Crippen LogP contribution is -2.37. The average Bonchev–Trinajstić information content (AvgIpc) is 2.95. The Labute approximate surface area is 119 Å². The molecular formula is C12H13F2N3O3S. The maximum absolute atomic E-state index is 13.1. The smallest absolute Gasteiger partial charge is 0.257 e. The number of imidazole rings is 1. The van der Waals surface area contributed by atoms with Crippen molar-refractivity contribution in [3.05, 3.63) is 47.9 Å². The molecule has 2 aromatic rings. The van der Waals surface area contributed by atoms with E-state index in [1.54, 1.807) is 0 Å². The molecule has 2 atom stereocenters. The molecule has 0 radical (unpaired) electrons. The second-order valence-electron chi connectivity index (χ2n) is 4.44. The molecule has 1 heterocycles. The molecule has 0 aliphatic heterocycles. The number of hydrogen-bond donors (Lipinski definition) is 3. The van der Waals surface area contributed by atoms with E-state index in [0.29, 0.717) is 0 Å². The molecule has 21 heavy (non-hydrogen) atoms. The van der Waals surface area contributed by atoms with E-state index < -0.39 is 33.8 Å². The molecule has 0 aliphatic carbocycles. The Hall–Kier alpha value is -1.84. The number of aromatic nitrogens is 2. The Bertz CT molecular complexity index is 719. The van der Waals surface area contributed by atoms with Gasteiger partial charge in [0.25, 0.3) is 10.0 Å². The summed E-state index contributed by atoms with van der Waals surface area (Å²) in [6.45, 7) is 1.40. The molecule has 0 bridgehead atoms. The van der Waals surface area contributed by atoms with Crippen LogP contribution in [0.15, 0.2) is 35.7 Å². The highest BCUT2D eigenvalue weighted by Gasteiger charge is 2.24. The average molecular weight is 317 g/mol. The standard InChI is InChI=1S/C12H13F2N3O3S/c1-7(17-21(19,20)11-5-15-6-16-11)12(18)8-2-3-9(13)10(14)4-8/h2-7,12,17-18H,1H3,(H,15,16). The van der Waals surface area contributed by atoms with E-state index in [1.165, 1.54) is 19.3 Å². The van der Waals surface area contributed by atoms with Crippen molar-refractivity contribution in [2.24, 2.45) is 0 Å². The van der Waals surface area contributed by atoms with Gasteiger partial charge in [-0.25, -0.2) is 26.9 Å². The van der Waals surface area contributed by atoms with E-state index >= 15 is 0 Å². The van der Waals surface area contributed by atoms with E-state index in [2.05, 4.69) is 14.7 Å². The maximum atomic E-state index is 13.1. The fourth-order valence-electron chi connectivity index (χ4n) is 1.75. The minimum Gasteiger partial charge on any atom is -0.387 e. The van der Waals surface area contributed by atoms with Gasteiger partial charge in [-0.1, -0.05) is 6.07 Å². The maximum Gasteiger partial charge on any atom is 0.257 e. The van der Waals surface area contributed by atoms with Crippen molar-refractivity contribution in [1.82, 2.24) is 14.7 Å². The van der Waals surface area contributed by atoms with E-state index in [1.807, 2.05) is 0 Å².